The molecule has 1 aliphatic heterocycles. The highest BCUT2D eigenvalue weighted by Gasteiger charge is 2.23. The first-order valence-corrected chi connectivity index (χ1v) is 4.96. The van der Waals surface area contributed by atoms with Gasteiger partial charge in [-0.15, -0.1) is 0 Å². The Morgan fingerprint density at radius 1 is 1.56 bits per heavy atom. The quantitative estimate of drug-likeness (QED) is 0.793. The molecule has 0 saturated carbocycles. The standard InChI is InChI=1S/C11H13NO4/c1-6-2-7(8(4-12)11(13)14)3-9-10(6)16-5-15-9/h2-3,8H,4-5,12H2,1H3,(H,13,14). The molecule has 5 heteroatoms. The van der Waals surface area contributed by atoms with E-state index >= 15 is 0 Å². The lowest BCUT2D eigenvalue weighted by molar-refractivity contribution is -0.138. The van der Waals surface area contributed by atoms with Crippen LogP contribution in [0.1, 0.15) is 17.0 Å². The smallest absolute Gasteiger partial charge is 0.312 e. The molecule has 0 aliphatic carbocycles. The highest BCUT2D eigenvalue weighted by Crippen LogP contribution is 2.38. The number of carboxylic acid groups (broad SMARTS) is 1. The second-order valence-electron chi connectivity index (χ2n) is 3.70. The molecule has 1 aromatic rings. The zero-order valence-electron chi connectivity index (χ0n) is 8.90. The largest absolute Gasteiger partial charge is 0.481 e. The van der Waals surface area contributed by atoms with Gasteiger partial charge < -0.3 is 20.3 Å². The van der Waals surface area contributed by atoms with Crippen LogP contribution < -0.4 is 15.2 Å². The first kappa shape index (κ1) is 10.8. The average Bonchev–Trinajstić information content (AvgIpc) is 2.66. The van der Waals surface area contributed by atoms with Crippen LogP contribution in [0, 0.1) is 6.92 Å². The van der Waals surface area contributed by atoms with Crippen LogP contribution >= 0.6 is 0 Å². The van der Waals surface area contributed by atoms with E-state index in [1.54, 1.807) is 12.1 Å². The molecule has 1 heterocycles. The van der Waals surface area contributed by atoms with E-state index < -0.39 is 11.9 Å². The fraction of sp³-hybridized carbons (Fsp3) is 0.364. The Kier molecular flexibility index (Phi) is 2.70. The fourth-order valence-corrected chi connectivity index (χ4v) is 1.79. The van der Waals surface area contributed by atoms with Gasteiger partial charge in [0, 0.05) is 6.54 Å². The van der Waals surface area contributed by atoms with E-state index in [0.717, 1.165) is 5.56 Å². The third-order valence-corrected chi connectivity index (χ3v) is 2.62. The summed E-state index contributed by atoms with van der Waals surface area (Å²) < 4.78 is 10.5. The van der Waals surface area contributed by atoms with Gasteiger partial charge in [0.25, 0.3) is 0 Å². The van der Waals surface area contributed by atoms with Gasteiger partial charge in [-0.05, 0) is 24.1 Å². The van der Waals surface area contributed by atoms with Gasteiger partial charge in [0.2, 0.25) is 6.79 Å². The SMILES string of the molecule is Cc1cc(C(CN)C(=O)O)cc2c1OCO2. The van der Waals surface area contributed by atoms with Crippen molar-refractivity contribution in [1.82, 2.24) is 0 Å². The van der Waals surface area contributed by atoms with Gasteiger partial charge in [-0.3, -0.25) is 4.79 Å². The van der Waals surface area contributed by atoms with E-state index in [1.165, 1.54) is 0 Å². The molecule has 0 fully saturated rings. The van der Waals surface area contributed by atoms with Crippen molar-refractivity contribution in [2.75, 3.05) is 13.3 Å². The van der Waals surface area contributed by atoms with E-state index in [1.807, 2.05) is 6.92 Å². The molecule has 1 unspecified atom stereocenters. The number of ether oxygens (including phenoxy) is 2. The molecule has 0 amide bonds. The molecule has 5 nitrogen and oxygen atoms in total. The van der Waals surface area contributed by atoms with Crippen LogP contribution in [0.2, 0.25) is 0 Å². The van der Waals surface area contributed by atoms with Crippen LogP contribution in [0.15, 0.2) is 12.1 Å². The molecule has 0 bridgehead atoms. The molecule has 16 heavy (non-hydrogen) atoms. The molecule has 3 N–H and O–H groups in total. The van der Waals surface area contributed by atoms with E-state index in [9.17, 15) is 4.79 Å². The summed E-state index contributed by atoms with van der Waals surface area (Å²) in [4.78, 5) is 11.0. The zero-order chi connectivity index (χ0) is 11.7. The van der Waals surface area contributed by atoms with Crippen molar-refractivity contribution in [3.8, 4) is 11.5 Å². The van der Waals surface area contributed by atoms with Crippen molar-refractivity contribution in [3.05, 3.63) is 23.3 Å². The minimum absolute atomic E-state index is 0.0639. The summed E-state index contributed by atoms with van der Waals surface area (Å²) in [6.07, 6.45) is 0. The third-order valence-electron chi connectivity index (χ3n) is 2.62. The first-order chi connectivity index (χ1) is 7.63. The topological polar surface area (TPSA) is 81.8 Å². The molecular weight excluding hydrogens is 210 g/mol. The van der Waals surface area contributed by atoms with Gasteiger partial charge in [0.15, 0.2) is 11.5 Å². The Bertz CT molecular complexity index is 430. The van der Waals surface area contributed by atoms with E-state index in [2.05, 4.69) is 0 Å². The highest BCUT2D eigenvalue weighted by atomic mass is 16.7. The molecule has 86 valence electrons. The molecule has 2 rings (SSSR count). The number of benzene rings is 1. The lowest BCUT2D eigenvalue weighted by Gasteiger charge is -2.12. The summed E-state index contributed by atoms with van der Waals surface area (Å²) in [5, 5.41) is 9.01. The Hall–Kier alpha value is -1.75. The van der Waals surface area contributed by atoms with Crippen molar-refractivity contribution in [2.45, 2.75) is 12.8 Å². The normalized spacial score (nSPS) is 14.9. The number of aliphatic carboxylic acids is 1. The second kappa shape index (κ2) is 4.02. The van der Waals surface area contributed by atoms with Gasteiger partial charge in [0.05, 0.1) is 5.92 Å². The summed E-state index contributed by atoms with van der Waals surface area (Å²) in [5.41, 5.74) is 6.96. The number of nitrogens with two attached hydrogens (primary N) is 1. The molecule has 1 aromatic carbocycles. The minimum atomic E-state index is -0.930. The monoisotopic (exact) mass is 223 g/mol. The number of hydrogen-bond acceptors (Lipinski definition) is 4. The lowest BCUT2D eigenvalue weighted by Crippen LogP contribution is -2.21. The summed E-state index contributed by atoms with van der Waals surface area (Å²) in [5.74, 6) is -0.353. The average molecular weight is 223 g/mol. The Morgan fingerprint density at radius 3 is 2.94 bits per heavy atom. The Labute approximate surface area is 92.8 Å². The third kappa shape index (κ3) is 1.69. The van der Waals surface area contributed by atoms with Gasteiger partial charge in [-0.2, -0.15) is 0 Å². The lowest BCUT2D eigenvalue weighted by atomic mass is 9.97. The maximum atomic E-state index is 11.0. The van der Waals surface area contributed by atoms with Crippen LogP contribution in [0.25, 0.3) is 0 Å². The van der Waals surface area contributed by atoms with Gasteiger partial charge in [0.1, 0.15) is 0 Å². The maximum absolute atomic E-state index is 11.0. The number of aryl methyl sites for hydroxylation is 1. The van der Waals surface area contributed by atoms with Crippen molar-refractivity contribution in [3.63, 3.8) is 0 Å². The number of rotatable bonds is 3. The number of carboxylic acids is 1. The summed E-state index contributed by atoms with van der Waals surface area (Å²) in [7, 11) is 0. The van der Waals surface area contributed by atoms with E-state index in [0.29, 0.717) is 17.1 Å². The van der Waals surface area contributed by atoms with Crippen molar-refractivity contribution in [1.29, 1.82) is 0 Å². The highest BCUT2D eigenvalue weighted by molar-refractivity contribution is 5.77. The van der Waals surface area contributed by atoms with E-state index in [4.69, 9.17) is 20.3 Å². The van der Waals surface area contributed by atoms with E-state index in [-0.39, 0.29) is 13.3 Å². The van der Waals surface area contributed by atoms with Crippen molar-refractivity contribution < 1.29 is 19.4 Å². The van der Waals surface area contributed by atoms with Crippen LogP contribution in [0.4, 0.5) is 0 Å². The number of fused-ring (bicyclic) bond motifs is 1. The summed E-state index contributed by atoms with van der Waals surface area (Å²) >= 11 is 0. The van der Waals surface area contributed by atoms with Gasteiger partial charge in [-0.1, -0.05) is 6.07 Å². The minimum Gasteiger partial charge on any atom is -0.481 e. The van der Waals surface area contributed by atoms with Gasteiger partial charge in [-0.25, -0.2) is 0 Å². The summed E-state index contributed by atoms with van der Waals surface area (Å²) in [6, 6.07) is 3.46. The van der Waals surface area contributed by atoms with Crippen molar-refractivity contribution >= 4 is 5.97 Å². The number of carbonyl (C=O) groups is 1. The van der Waals surface area contributed by atoms with Crippen LogP contribution in [-0.4, -0.2) is 24.4 Å². The fourth-order valence-electron chi connectivity index (χ4n) is 1.79. The summed E-state index contributed by atoms with van der Waals surface area (Å²) in [6.45, 7) is 2.10. The predicted molar refractivity (Wildman–Crippen MR) is 56.7 cm³/mol. The molecule has 0 radical (unpaired) electrons. The molecular formula is C11H13NO4. The number of hydrogen-bond donors (Lipinski definition) is 2. The zero-order valence-corrected chi connectivity index (χ0v) is 8.90. The molecule has 0 aromatic heterocycles. The Morgan fingerprint density at radius 2 is 2.31 bits per heavy atom. The molecule has 0 saturated heterocycles. The maximum Gasteiger partial charge on any atom is 0.312 e. The Balaban J connectivity index is 2.43. The second-order valence-corrected chi connectivity index (χ2v) is 3.70. The van der Waals surface area contributed by atoms with Crippen LogP contribution in [0.3, 0.4) is 0 Å². The van der Waals surface area contributed by atoms with Crippen LogP contribution in [-0.2, 0) is 4.79 Å². The predicted octanol–water partition coefficient (Wildman–Crippen LogP) is 0.851. The van der Waals surface area contributed by atoms with Crippen LogP contribution in [0.5, 0.6) is 11.5 Å². The van der Waals surface area contributed by atoms with Crippen molar-refractivity contribution in [2.24, 2.45) is 5.73 Å². The first-order valence-electron chi connectivity index (χ1n) is 4.96. The molecule has 0 spiro atoms. The van der Waals surface area contributed by atoms with Gasteiger partial charge >= 0.3 is 5.97 Å². The molecule has 1 atom stereocenters. The molecule has 1 aliphatic rings.